The van der Waals surface area contributed by atoms with E-state index in [4.69, 9.17) is 14.7 Å². The van der Waals surface area contributed by atoms with Gasteiger partial charge in [-0.25, -0.2) is 18.9 Å². The van der Waals surface area contributed by atoms with Crippen LogP contribution in [0.2, 0.25) is 0 Å². The predicted octanol–water partition coefficient (Wildman–Crippen LogP) is 3.57. The number of sulfonamides is 1. The van der Waals surface area contributed by atoms with E-state index in [2.05, 4.69) is 4.98 Å². The van der Waals surface area contributed by atoms with Crippen molar-refractivity contribution in [1.82, 2.24) is 14.8 Å². The molecule has 1 atom stereocenters. The van der Waals surface area contributed by atoms with E-state index in [0.29, 0.717) is 15.5 Å². The van der Waals surface area contributed by atoms with Crippen LogP contribution in [0, 0.1) is 0 Å². The highest BCUT2D eigenvalue weighted by atomic mass is 32.2. The molecular formula is C22H22F3N3O6S2. The lowest BCUT2D eigenvalue weighted by Crippen LogP contribution is -2.64. The van der Waals surface area contributed by atoms with Crippen molar-refractivity contribution in [2.45, 2.75) is 43.2 Å². The maximum atomic E-state index is 13.3. The first-order valence-electron chi connectivity index (χ1n) is 10.6. The number of rotatable bonds is 6. The van der Waals surface area contributed by atoms with Crippen molar-refractivity contribution in [2.24, 2.45) is 0 Å². The Morgan fingerprint density at radius 3 is 2.61 bits per heavy atom. The van der Waals surface area contributed by atoms with E-state index >= 15 is 0 Å². The van der Waals surface area contributed by atoms with Crippen molar-refractivity contribution >= 4 is 37.5 Å². The van der Waals surface area contributed by atoms with Gasteiger partial charge in [0.05, 0.1) is 32.9 Å². The number of alkyl halides is 3. The van der Waals surface area contributed by atoms with Crippen LogP contribution in [0.15, 0.2) is 47.4 Å². The molecule has 2 aromatic carbocycles. The molecular weight excluding hydrogens is 523 g/mol. The number of hydrogen-bond acceptors (Lipinski definition) is 8. The van der Waals surface area contributed by atoms with Crippen molar-refractivity contribution in [3.05, 3.63) is 53.0 Å². The van der Waals surface area contributed by atoms with Gasteiger partial charge in [0, 0.05) is 6.54 Å². The molecule has 2 heterocycles. The molecule has 2 N–H and O–H groups in total. The molecule has 0 spiro atoms. The molecule has 9 nitrogen and oxygen atoms in total. The van der Waals surface area contributed by atoms with E-state index in [9.17, 15) is 26.4 Å². The van der Waals surface area contributed by atoms with Crippen LogP contribution in [0.4, 0.5) is 13.2 Å². The number of aromatic nitrogens is 1. The largest absolute Gasteiger partial charge is 0.486 e. The Hall–Kier alpha value is -2.78. The Morgan fingerprint density at radius 2 is 1.97 bits per heavy atom. The van der Waals surface area contributed by atoms with Gasteiger partial charge >= 0.3 is 6.18 Å². The van der Waals surface area contributed by atoms with E-state index in [-0.39, 0.29) is 30.2 Å². The third kappa shape index (κ3) is 5.18. The second-order valence-electron chi connectivity index (χ2n) is 8.49. The fourth-order valence-corrected chi connectivity index (χ4v) is 6.48. The molecule has 36 heavy (non-hydrogen) atoms. The smallest absolute Gasteiger partial charge is 0.416 e. The Labute approximate surface area is 208 Å². The van der Waals surface area contributed by atoms with Gasteiger partial charge in [-0.15, -0.1) is 11.3 Å². The van der Waals surface area contributed by atoms with Crippen LogP contribution in [-0.2, 0) is 32.3 Å². The van der Waals surface area contributed by atoms with E-state index in [1.807, 2.05) is 0 Å². The van der Waals surface area contributed by atoms with Crippen molar-refractivity contribution in [3.63, 3.8) is 0 Å². The quantitative estimate of drug-likeness (QED) is 0.359. The monoisotopic (exact) mass is 545 g/mol. The van der Waals surface area contributed by atoms with Gasteiger partial charge < -0.3 is 9.47 Å². The highest BCUT2D eigenvalue weighted by Gasteiger charge is 2.48. The van der Waals surface area contributed by atoms with Crippen molar-refractivity contribution < 1.29 is 41.1 Å². The molecule has 194 valence electrons. The highest BCUT2D eigenvalue weighted by Crippen LogP contribution is 2.34. The van der Waals surface area contributed by atoms with Gasteiger partial charge in [0.1, 0.15) is 23.4 Å². The lowest BCUT2D eigenvalue weighted by atomic mass is 9.96. The molecule has 1 saturated heterocycles. The number of morpholine rings is 1. The molecule has 1 aromatic heterocycles. The average molecular weight is 546 g/mol. The third-order valence-corrected chi connectivity index (χ3v) is 8.53. The summed E-state index contributed by atoms with van der Waals surface area (Å²) in [6.07, 6.45) is -4.46. The lowest BCUT2D eigenvalue weighted by molar-refractivity contribution is -0.154. The van der Waals surface area contributed by atoms with E-state index in [0.717, 1.165) is 16.4 Å². The highest BCUT2D eigenvalue weighted by molar-refractivity contribution is 7.89. The summed E-state index contributed by atoms with van der Waals surface area (Å²) in [7, 11) is -4.13. The number of fused-ring (bicyclic) bond motifs is 1. The first-order valence-corrected chi connectivity index (χ1v) is 12.9. The molecule has 1 fully saturated rings. The number of nitrogens with one attached hydrogen (secondary N) is 1. The summed E-state index contributed by atoms with van der Waals surface area (Å²) in [6.45, 7) is 3.06. The van der Waals surface area contributed by atoms with Gasteiger partial charge in [-0.2, -0.15) is 17.5 Å². The first-order chi connectivity index (χ1) is 16.8. The summed E-state index contributed by atoms with van der Waals surface area (Å²) >= 11 is 1.19. The zero-order valence-corrected chi connectivity index (χ0v) is 20.7. The summed E-state index contributed by atoms with van der Waals surface area (Å²) in [5.74, 6) is -0.599. The minimum absolute atomic E-state index is 0.0246. The number of hydrogen-bond donors (Lipinski definition) is 2. The van der Waals surface area contributed by atoms with Crippen LogP contribution >= 0.6 is 11.3 Å². The molecule has 3 aromatic rings. The van der Waals surface area contributed by atoms with Gasteiger partial charge in [0.25, 0.3) is 5.91 Å². The summed E-state index contributed by atoms with van der Waals surface area (Å²) in [4.78, 5) is 16.3. The number of ether oxygens (including phenoxy) is 2. The van der Waals surface area contributed by atoms with Gasteiger partial charge in [-0.1, -0.05) is 0 Å². The minimum atomic E-state index is -4.46. The molecule has 0 saturated carbocycles. The lowest BCUT2D eigenvalue weighted by Gasteiger charge is -2.43. The van der Waals surface area contributed by atoms with Crippen molar-refractivity contribution in [1.29, 1.82) is 0 Å². The maximum absolute atomic E-state index is 13.3. The molecule has 1 aliphatic heterocycles. The molecule has 0 unspecified atom stereocenters. The number of carbonyl (C=O) groups excluding carboxylic acids is 1. The summed E-state index contributed by atoms with van der Waals surface area (Å²) in [5.41, 5.74) is -0.254. The van der Waals surface area contributed by atoms with Gasteiger partial charge in [-0.05, 0) is 56.3 Å². The Bertz CT molecular complexity index is 1370. The molecule has 1 aliphatic rings. The normalized spacial score (nSPS) is 18.8. The molecule has 0 aliphatic carbocycles. The maximum Gasteiger partial charge on any atom is 0.416 e. The number of benzene rings is 2. The van der Waals surface area contributed by atoms with Crippen molar-refractivity contribution in [3.8, 4) is 5.75 Å². The standard InChI is InChI=1S/C22H22F3N3O6S2/c1-21(2)19(20(29)27-30)28(9-10-34-21)36(31,32)15-6-4-14(5-7-15)33-12-18-26-16-11-13(22(23,24)25)3-8-17(16)35-18/h3-8,11,19,30H,9-10,12H2,1-2H3,(H,27,29)/t19-/m0/s1. The fourth-order valence-electron chi connectivity index (χ4n) is 3.92. The van der Waals surface area contributed by atoms with Crippen LogP contribution < -0.4 is 10.2 Å². The van der Waals surface area contributed by atoms with Crippen LogP contribution in [0.5, 0.6) is 5.75 Å². The average Bonchev–Trinajstić information content (AvgIpc) is 3.23. The SMILES string of the molecule is CC1(C)OCCN(S(=O)(=O)c2ccc(OCc3nc4cc(C(F)(F)F)ccc4s3)cc2)[C@H]1C(=O)NO. The number of amides is 1. The number of hydroxylamine groups is 1. The van der Waals surface area contributed by atoms with Crippen LogP contribution in [0.1, 0.15) is 24.4 Å². The van der Waals surface area contributed by atoms with Crippen LogP contribution in [-0.4, -0.2) is 53.6 Å². The van der Waals surface area contributed by atoms with E-state index in [1.165, 1.54) is 47.1 Å². The first kappa shape index (κ1) is 26.3. The Kier molecular flexibility index (Phi) is 7.00. The van der Waals surface area contributed by atoms with Gasteiger partial charge in [0.15, 0.2) is 0 Å². The van der Waals surface area contributed by atoms with E-state index in [1.54, 1.807) is 13.8 Å². The zero-order valence-electron chi connectivity index (χ0n) is 19.1. The molecule has 14 heteroatoms. The predicted molar refractivity (Wildman–Crippen MR) is 123 cm³/mol. The van der Waals surface area contributed by atoms with Crippen molar-refractivity contribution in [2.75, 3.05) is 13.2 Å². The zero-order chi connectivity index (χ0) is 26.3. The van der Waals surface area contributed by atoms with Crippen LogP contribution in [0.25, 0.3) is 10.2 Å². The second-order valence-corrected chi connectivity index (χ2v) is 11.5. The number of nitrogens with zero attached hydrogens (tertiary/aromatic N) is 2. The number of halogens is 3. The van der Waals surface area contributed by atoms with E-state index < -0.39 is 39.3 Å². The van der Waals surface area contributed by atoms with Gasteiger partial charge in [0.2, 0.25) is 10.0 Å². The molecule has 1 amide bonds. The second kappa shape index (κ2) is 9.59. The van der Waals surface area contributed by atoms with Gasteiger partial charge in [-0.3, -0.25) is 10.0 Å². The fraction of sp³-hybridized carbons (Fsp3) is 0.364. The Morgan fingerprint density at radius 1 is 1.28 bits per heavy atom. The summed E-state index contributed by atoms with van der Waals surface area (Å²) < 4.78 is 78.0. The Balaban J connectivity index is 1.49. The number of carbonyl (C=O) groups is 1. The molecule has 4 rings (SSSR count). The molecule has 0 radical (unpaired) electrons. The summed E-state index contributed by atoms with van der Waals surface area (Å²) in [6, 6.07) is 7.51. The topological polar surface area (TPSA) is 118 Å². The minimum Gasteiger partial charge on any atom is -0.486 e. The summed E-state index contributed by atoms with van der Waals surface area (Å²) in [5, 5.41) is 9.56. The number of thiazole rings is 1. The molecule has 0 bridgehead atoms. The third-order valence-electron chi connectivity index (χ3n) is 5.64. The van der Waals surface area contributed by atoms with Crippen LogP contribution in [0.3, 0.4) is 0 Å².